The first-order valence-corrected chi connectivity index (χ1v) is 7.94. The number of piperazine rings is 1. The molecule has 3 N–H and O–H groups in total. The van der Waals surface area contributed by atoms with Crippen molar-refractivity contribution in [3.8, 4) is 0 Å². The minimum atomic E-state index is -0.481. The van der Waals surface area contributed by atoms with Crippen molar-refractivity contribution in [3.63, 3.8) is 0 Å². The molecule has 0 atom stereocenters. The normalized spacial score (nSPS) is 18.0. The fourth-order valence-corrected chi connectivity index (χ4v) is 2.66. The monoisotopic (exact) mass is 298 g/mol. The molecular formula is C15H30N4O2. The summed E-state index contributed by atoms with van der Waals surface area (Å²) in [5.74, 6) is 0.467. The minimum absolute atomic E-state index is 0.210. The molecule has 0 aromatic carbocycles. The molecule has 0 saturated carbocycles. The lowest BCUT2D eigenvalue weighted by atomic mass is 10.00. The summed E-state index contributed by atoms with van der Waals surface area (Å²) in [6, 6.07) is 0. The third-order valence-electron chi connectivity index (χ3n) is 4.40. The Bertz CT molecular complexity index is 361. The highest BCUT2D eigenvalue weighted by atomic mass is 16.4. The number of hydrogen-bond donors (Lipinski definition) is 2. The molecule has 0 radical (unpaired) electrons. The molecule has 6 heteroatoms. The van der Waals surface area contributed by atoms with Crippen molar-refractivity contribution >= 4 is 11.7 Å². The second-order valence-corrected chi connectivity index (χ2v) is 6.22. The largest absolute Gasteiger partial charge is 0.409 e. The molecule has 1 heterocycles. The predicted molar refractivity (Wildman–Crippen MR) is 84.4 cm³/mol. The van der Waals surface area contributed by atoms with E-state index in [0.29, 0.717) is 6.42 Å². The molecule has 0 spiro atoms. The third kappa shape index (κ3) is 4.88. The molecule has 1 aliphatic rings. The van der Waals surface area contributed by atoms with Crippen molar-refractivity contribution in [1.29, 1.82) is 0 Å². The summed E-state index contributed by atoms with van der Waals surface area (Å²) in [4.78, 5) is 16.2. The highest BCUT2D eigenvalue weighted by molar-refractivity contribution is 5.88. The van der Waals surface area contributed by atoms with Gasteiger partial charge in [0.2, 0.25) is 5.91 Å². The zero-order valence-corrected chi connectivity index (χ0v) is 13.6. The Hall–Kier alpha value is -1.30. The van der Waals surface area contributed by atoms with Gasteiger partial charge in [-0.05, 0) is 20.3 Å². The quantitative estimate of drug-likeness (QED) is 0.246. The van der Waals surface area contributed by atoms with Gasteiger partial charge in [0, 0.05) is 32.6 Å². The van der Waals surface area contributed by atoms with E-state index in [-0.39, 0.29) is 11.7 Å². The lowest BCUT2D eigenvalue weighted by Crippen LogP contribution is -2.60. The Morgan fingerprint density at radius 2 is 1.81 bits per heavy atom. The molecule has 1 fully saturated rings. The smallest absolute Gasteiger partial charge is 0.222 e. The van der Waals surface area contributed by atoms with Crippen LogP contribution in [0.25, 0.3) is 0 Å². The van der Waals surface area contributed by atoms with Gasteiger partial charge in [0.05, 0.1) is 5.54 Å². The van der Waals surface area contributed by atoms with E-state index < -0.39 is 5.54 Å². The topological polar surface area (TPSA) is 82.2 Å². The van der Waals surface area contributed by atoms with Crippen LogP contribution in [0, 0.1) is 0 Å². The molecule has 6 nitrogen and oxygen atoms in total. The first-order valence-electron chi connectivity index (χ1n) is 7.94. The van der Waals surface area contributed by atoms with E-state index in [0.717, 1.165) is 39.0 Å². The van der Waals surface area contributed by atoms with Crippen molar-refractivity contribution in [1.82, 2.24) is 9.80 Å². The highest BCUT2D eigenvalue weighted by Crippen LogP contribution is 2.18. The van der Waals surface area contributed by atoms with Gasteiger partial charge < -0.3 is 15.8 Å². The first kappa shape index (κ1) is 17.8. The molecular weight excluding hydrogens is 268 g/mol. The number of carbonyl (C=O) groups excluding carboxylic acids is 1. The fraction of sp³-hybridized carbons (Fsp3) is 0.867. The van der Waals surface area contributed by atoms with Crippen molar-refractivity contribution < 1.29 is 10.0 Å². The van der Waals surface area contributed by atoms with Crippen LogP contribution in [-0.4, -0.2) is 58.5 Å². The van der Waals surface area contributed by atoms with Crippen molar-refractivity contribution in [2.45, 2.75) is 58.4 Å². The predicted octanol–water partition coefficient (Wildman–Crippen LogP) is 1.63. The van der Waals surface area contributed by atoms with Crippen LogP contribution in [0.15, 0.2) is 5.16 Å². The number of rotatable bonds is 7. The van der Waals surface area contributed by atoms with Gasteiger partial charge in [-0.25, -0.2) is 0 Å². The lowest BCUT2D eigenvalue weighted by Gasteiger charge is -2.43. The summed E-state index contributed by atoms with van der Waals surface area (Å²) >= 11 is 0. The lowest BCUT2D eigenvalue weighted by molar-refractivity contribution is -0.133. The van der Waals surface area contributed by atoms with Gasteiger partial charge in [-0.3, -0.25) is 9.69 Å². The number of amidine groups is 1. The zero-order valence-electron chi connectivity index (χ0n) is 13.6. The summed E-state index contributed by atoms with van der Waals surface area (Å²) in [5.41, 5.74) is 5.27. The molecule has 0 aliphatic carbocycles. The van der Waals surface area contributed by atoms with E-state index >= 15 is 0 Å². The van der Waals surface area contributed by atoms with Gasteiger partial charge in [-0.2, -0.15) is 0 Å². The highest BCUT2D eigenvalue weighted by Gasteiger charge is 2.34. The summed E-state index contributed by atoms with van der Waals surface area (Å²) in [5, 5.41) is 12.0. The summed E-state index contributed by atoms with van der Waals surface area (Å²) < 4.78 is 0. The molecule has 122 valence electrons. The number of nitrogens with zero attached hydrogens (tertiary/aromatic N) is 3. The summed E-state index contributed by atoms with van der Waals surface area (Å²) in [6.07, 6.45) is 5.18. The van der Waals surface area contributed by atoms with Crippen LogP contribution in [0.2, 0.25) is 0 Å². The Labute approximate surface area is 128 Å². The molecule has 21 heavy (non-hydrogen) atoms. The third-order valence-corrected chi connectivity index (χ3v) is 4.40. The molecule has 0 aromatic heterocycles. The van der Waals surface area contributed by atoms with Crippen molar-refractivity contribution in [3.05, 3.63) is 0 Å². The van der Waals surface area contributed by atoms with Gasteiger partial charge in [-0.1, -0.05) is 31.3 Å². The first-order chi connectivity index (χ1) is 9.93. The van der Waals surface area contributed by atoms with E-state index in [2.05, 4.69) is 17.0 Å². The molecule has 0 aromatic rings. The molecule has 1 amide bonds. The number of unbranched alkanes of at least 4 members (excludes halogenated alkanes) is 3. The van der Waals surface area contributed by atoms with E-state index in [1.807, 2.05) is 18.7 Å². The zero-order chi connectivity index (χ0) is 15.9. The molecule has 1 saturated heterocycles. The van der Waals surface area contributed by atoms with E-state index in [4.69, 9.17) is 10.9 Å². The van der Waals surface area contributed by atoms with Crippen LogP contribution in [-0.2, 0) is 4.79 Å². The maximum absolute atomic E-state index is 12.1. The van der Waals surface area contributed by atoms with Gasteiger partial charge in [0.1, 0.15) is 0 Å². The summed E-state index contributed by atoms with van der Waals surface area (Å²) in [6.45, 7) is 8.98. The van der Waals surface area contributed by atoms with Crippen LogP contribution >= 0.6 is 0 Å². The van der Waals surface area contributed by atoms with E-state index in [1.54, 1.807) is 0 Å². The van der Waals surface area contributed by atoms with Crippen molar-refractivity contribution in [2.24, 2.45) is 10.9 Å². The van der Waals surface area contributed by atoms with Crippen LogP contribution in [0.1, 0.15) is 52.9 Å². The Morgan fingerprint density at radius 1 is 1.19 bits per heavy atom. The molecule has 1 rings (SSSR count). The van der Waals surface area contributed by atoms with Crippen LogP contribution in [0.5, 0.6) is 0 Å². The molecule has 1 aliphatic heterocycles. The number of nitrogens with two attached hydrogens (primary N) is 1. The Morgan fingerprint density at radius 3 is 2.33 bits per heavy atom. The SMILES string of the molecule is CCCCCCC(=O)N1CCN(C(C)(C)C(N)=NO)CC1. The van der Waals surface area contributed by atoms with E-state index in [9.17, 15) is 4.79 Å². The molecule has 0 bridgehead atoms. The summed E-state index contributed by atoms with van der Waals surface area (Å²) in [7, 11) is 0. The number of hydrogen-bond acceptors (Lipinski definition) is 4. The molecule has 0 unspecified atom stereocenters. The number of oxime groups is 1. The second-order valence-electron chi connectivity index (χ2n) is 6.22. The average molecular weight is 298 g/mol. The number of carbonyl (C=O) groups is 1. The maximum Gasteiger partial charge on any atom is 0.222 e. The standard InChI is InChI=1S/C15H30N4O2/c1-4-5-6-7-8-13(20)18-9-11-19(12-10-18)15(2,3)14(16)17-21/h21H,4-12H2,1-3H3,(H2,16,17). The van der Waals surface area contributed by atoms with Gasteiger partial charge in [0.15, 0.2) is 5.84 Å². The van der Waals surface area contributed by atoms with E-state index in [1.165, 1.54) is 12.8 Å². The van der Waals surface area contributed by atoms with Gasteiger partial charge in [0.25, 0.3) is 0 Å². The maximum atomic E-state index is 12.1. The van der Waals surface area contributed by atoms with Gasteiger partial charge in [-0.15, -0.1) is 0 Å². The second kappa shape index (κ2) is 8.22. The fourth-order valence-electron chi connectivity index (χ4n) is 2.66. The van der Waals surface area contributed by atoms with Crippen molar-refractivity contribution in [2.75, 3.05) is 26.2 Å². The average Bonchev–Trinajstić information content (AvgIpc) is 2.50. The minimum Gasteiger partial charge on any atom is -0.409 e. The van der Waals surface area contributed by atoms with Gasteiger partial charge >= 0.3 is 0 Å². The van der Waals surface area contributed by atoms with Crippen LogP contribution in [0.4, 0.5) is 0 Å². The Balaban J connectivity index is 2.40. The number of amides is 1. The Kier molecular flexibility index (Phi) is 6.95. The van der Waals surface area contributed by atoms with Crippen LogP contribution in [0.3, 0.4) is 0 Å². The van der Waals surface area contributed by atoms with Crippen LogP contribution < -0.4 is 5.73 Å².